The molecule has 5 heterocycles. The zero-order valence-electron chi connectivity index (χ0n) is 58.9. The van der Waals surface area contributed by atoms with Gasteiger partial charge in [0.2, 0.25) is 0 Å². The lowest BCUT2D eigenvalue weighted by atomic mass is 9.33. The van der Waals surface area contributed by atoms with Gasteiger partial charge in [-0.1, -0.05) is 284 Å². The zero-order valence-corrected chi connectivity index (χ0v) is 58.9. The Morgan fingerprint density at radius 1 is 0.260 bits per heavy atom. The van der Waals surface area contributed by atoms with Crippen molar-refractivity contribution < 1.29 is 8.83 Å². The van der Waals surface area contributed by atoms with Gasteiger partial charge in [0.05, 0.1) is 28.1 Å². The second-order valence-corrected chi connectivity index (χ2v) is 30.3. The van der Waals surface area contributed by atoms with E-state index in [9.17, 15) is 0 Å². The molecule has 0 atom stereocenters. The Morgan fingerprint density at radius 2 is 0.587 bits per heavy atom. The molecule has 2 aliphatic rings. The van der Waals surface area contributed by atoms with E-state index in [0.717, 1.165) is 161 Å². The summed E-state index contributed by atoms with van der Waals surface area (Å²) >= 11 is 0. The topological polar surface area (TPSA) is 37.7 Å². The summed E-state index contributed by atoms with van der Waals surface area (Å²) in [4.78, 5) is 5.34. The summed E-state index contributed by atoms with van der Waals surface area (Å²) in [5.41, 5.74) is 32.8. The summed E-state index contributed by atoms with van der Waals surface area (Å²) in [6.45, 7) is 13.4. The monoisotopic (exact) mass is 1330 g/mol. The van der Waals surface area contributed by atoms with Crippen LogP contribution in [-0.4, -0.2) is 11.3 Å². The SMILES string of the molecule is CC(C)(C)c1ccc2oc3ccc(-c4ccc5c(c4)N(c4c(-c6ccccc6)cccc4-c4ccccc4)c4cc(-n6c7ccccc7c7ccccc76)cc6c4B5c4ccc(-c5ccc7oc8ccc(C(C)(C)C)cc8c7c5)cc4N6c4c(-c5ccccc5)cccc4-c4ccccc4)cc3c2c1. The fourth-order valence-electron chi connectivity index (χ4n) is 17.0. The second kappa shape index (κ2) is 23.5. The van der Waals surface area contributed by atoms with Crippen LogP contribution in [0.3, 0.4) is 0 Å². The van der Waals surface area contributed by atoms with Gasteiger partial charge in [-0.3, -0.25) is 0 Å². The average Bonchev–Trinajstić information content (AvgIpc) is 0.887. The number of rotatable bonds is 9. The van der Waals surface area contributed by atoms with Gasteiger partial charge in [0.25, 0.3) is 6.71 Å². The highest BCUT2D eigenvalue weighted by atomic mass is 16.3. The number of nitrogens with zero attached hydrogens (tertiary/aromatic N) is 3. The highest BCUT2D eigenvalue weighted by molar-refractivity contribution is 7.00. The molecule has 494 valence electrons. The van der Waals surface area contributed by atoms with Crippen molar-refractivity contribution in [2.75, 3.05) is 9.80 Å². The minimum atomic E-state index is -0.270. The van der Waals surface area contributed by atoms with Gasteiger partial charge in [0, 0.05) is 77.3 Å². The third-order valence-corrected chi connectivity index (χ3v) is 22.1. The number of para-hydroxylation sites is 4. The van der Waals surface area contributed by atoms with Gasteiger partial charge in [0.1, 0.15) is 22.3 Å². The highest BCUT2D eigenvalue weighted by Gasteiger charge is 2.46. The van der Waals surface area contributed by atoms with Gasteiger partial charge >= 0.3 is 0 Å². The molecule has 0 saturated heterocycles. The van der Waals surface area contributed by atoms with Crippen molar-refractivity contribution in [3.05, 3.63) is 339 Å². The fourth-order valence-corrected chi connectivity index (χ4v) is 17.0. The van der Waals surface area contributed by atoms with E-state index in [2.05, 4.69) is 383 Å². The van der Waals surface area contributed by atoms with Gasteiger partial charge in [-0.05, 0) is 168 Å². The van der Waals surface area contributed by atoms with Crippen molar-refractivity contribution in [1.29, 1.82) is 0 Å². The van der Waals surface area contributed by atoms with E-state index in [4.69, 9.17) is 8.83 Å². The fraction of sp³-hybridized carbons (Fsp3) is 0.0816. The summed E-state index contributed by atoms with van der Waals surface area (Å²) in [7, 11) is 0. The lowest BCUT2D eigenvalue weighted by Crippen LogP contribution is -2.61. The maximum absolute atomic E-state index is 6.67. The molecular weight excluding hydrogens is 1260 g/mol. The molecule has 0 aliphatic carbocycles. The molecule has 5 nitrogen and oxygen atoms in total. The number of hydrogen-bond acceptors (Lipinski definition) is 4. The molecule has 0 amide bonds. The molecule has 15 aromatic carbocycles. The Bertz CT molecular complexity index is 6000. The van der Waals surface area contributed by atoms with Crippen LogP contribution < -0.4 is 26.2 Å². The van der Waals surface area contributed by atoms with Crippen molar-refractivity contribution in [2.45, 2.75) is 52.4 Å². The third kappa shape index (κ3) is 9.76. The van der Waals surface area contributed by atoms with Crippen LogP contribution in [0.15, 0.2) is 336 Å². The molecular formula is C98H72BN3O2. The number of aromatic nitrogens is 1. The van der Waals surface area contributed by atoms with E-state index in [-0.39, 0.29) is 17.5 Å². The largest absolute Gasteiger partial charge is 0.456 e. The molecule has 0 N–H and O–H groups in total. The van der Waals surface area contributed by atoms with Crippen LogP contribution in [0, 0.1) is 0 Å². The first kappa shape index (κ1) is 61.3. The van der Waals surface area contributed by atoms with Crippen molar-refractivity contribution in [1.82, 2.24) is 4.57 Å². The van der Waals surface area contributed by atoms with Crippen molar-refractivity contribution in [3.63, 3.8) is 0 Å². The molecule has 0 fully saturated rings. The minimum Gasteiger partial charge on any atom is -0.456 e. The first-order chi connectivity index (χ1) is 50.8. The average molecular weight is 1330 g/mol. The van der Waals surface area contributed by atoms with Crippen molar-refractivity contribution in [3.8, 4) is 72.4 Å². The molecule has 20 rings (SSSR count). The lowest BCUT2D eigenvalue weighted by molar-refractivity contribution is 0.590. The molecule has 3 aromatic heterocycles. The number of anilines is 6. The quantitative estimate of drug-likeness (QED) is 0.135. The first-order valence-corrected chi connectivity index (χ1v) is 36.3. The van der Waals surface area contributed by atoms with E-state index >= 15 is 0 Å². The van der Waals surface area contributed by atoms with Crippen molar-refractivity contribution >= 4 is 123 Å². The van der Waals surface area contributed by atoms with Crippen LogP contribution in [0.5, 0.6) is 0 Å². The van der Waals surface area contributed by atoms with Crippen molar-refractivity contribution in [2.24, 2.45) is 0 Å². The van der Waals surface area contributed by atoms with Gasteiger partial charge in [0.15, 0.2) is 0 Å². The summed E-state index contributed by atoms with van der Waals surface area (Å²) in [6, 6.07) is 123. The normalized spacial score (nSPS) is 12.8. The Labute approximate surface area is 605 Å². The lowest BCUT2D eigenvalue weighted by Gasteiger charge is -2.46. The molecule has 6 heteroatoms. The molecule has 0 saturated carbocycles. The number of hydrogen-bond donors (Lipinski definition) is 0. The number of furan rings is 2. The summed E-state index contributed by atoms with van der Waals surface area (Å²) in [6.07, 6.45) is 0. The second-order valence-electron chi connectivity index (χ2n) is 30.3. The van der Waals surface area contributed by atoms with Gasteiger partial charge < -0.3 is 23.2 Å². The minimum absolute atomic E-state index is 0.0456. The predicted molar refractivity (Wildman–Crippen MR) is 439 cm³/mol. The smallest absolute Gasteiger partial charge is 0.252 e. The van der Waals surface area contributed by atoms with E-state index in [0.29, 0.717) is 0 Å². The number of fused-ring (bicyclic) bond motifs is 13. The highest BCUT2D eigenvalue weighted by Crippen LogP contribution is 2.55. The van der Waals surface area contributed by atoms with E-state index in [1.807, 2.05) is 0 Å². The molecule has 18 aromatic rings. The van der Waals surface area contributed by atoms with Crippen LogP contribution in [0.2, 0.25) is 0 Å². The molecule has 104 heavy (non-hydrogen) atoms. The Morgan fingerprint density at radius 3 is 0.962 bits per heavy atom. The molecule has 0 unspecified atom stereocenters. The van der Waals surface area contributed by atoms with Crippen LogP contribution >= 0.6 is 0 Å². The van der Waals surface area contributed by atoms with Gasteiger partial charge in [-0.2, -0.15) is 0 Å². The standard InChI is InChI=1S/C98H72BN3O2/c1-97(2,3)69-45-51-92-80(57-69)78-53-65(43-49-90(78)103-92)67-41-47-82-86(55-67)101(95-72(61-25-11-7-12-26-61)35-23-36-73(95)62-27-13-8-14-28-62)88-59-71(100-84-39-21-19-33-76(84)77-34-20-22-40-85(77)100)60-89-94(88)99(82)83-48-42-68(66-44-50-91-79(54-66)81-58-70(98(4,5)6)46-52-93(81)104-91)56-87(83)102(89)96-74(63-29-15-9-16-30-63)37-24-38-75(96)64-31-17-10-18-32-64/h7-60H,1-6H3. The third-order valence-electron chi connectivity index (χ3n) is 22.1. The van der Waals surface area contributed by atoms with Gasteiger partial charge in [-0.15, -0.1) is 0 Å². The predicted octanol–water partition coefficient (Wildman–Crippen LogP) is 25.3. The Hall–Kier alpha value is -12.6. The first-order valence-electron chi connectivity index (χ1n) is 36.3. The van der Waals surface area contributed by atoms with Crippen LogP contribution in [-0.2, 0) is 10.8 Å². The maximum atomic E-state index is 6.67. The van der Waals surface area contributed by atoms with E-state index < -0.39 is 0 Å². The molecule has 0 radical (unpaired) electrons. The van der Waals surface area contributed by atoms with E-state index in [1.54, 1.807) is 0 Å². The zero-order chi connectivity index (χ0) is 69.7. The molecule has 0 spiro atoms. The summed E-state index contributed by atoms with van der Waals surface area (Å²) in [5.74, 6) is 0. The van der Waals surface area contributed by atoms with Gasteiger partial charge in [-0.25, -0.2) is 0 Å². The summed E-state index contributed by atoms with van der Waals surface area (Å²) < 4.78 is 15.9. The number of benzene rings is 15. The molecule has 0 bridgehead atoms. The van der Waals surface area contributed by atoms with Crippen LogP contribution in [0.4, 0.5) is 34.1 Å². The van der Waals surface area contributed by atoms with Crippen LogP contribution in [0.1, 0.15) is 52.7 Å². The maximum Gasteiger partial charge on any atom is 0.252 e. The Kier molecular flexibility index (Phi) is 13.8. The Balaban J connectivity index is 0.943. The summed E-state index contributed by atoms with van der Waals surface area (Å²) in [5, 5.41) is 6.83. The van der Waals surface area contributed by atoms with E-state index in [1.165, 1.54) is 38.3 Å². The van der Waals surface area contributed by atoms with Crippen LogP contribution in [0.25, 0.3) is 138 Å². The molecule has 2 aliphatic heterocycles.